The molecule has 0 saturated heterocycles. The number of thioether (sulfide) groups is 1. The van der Waals surface area contributed by atoms with Gasteiger partial charge in [-0.1, -0.05) is 30.3 Å². The number of phenols is 1. The van der Waals surface area contributed by atoms with Crippen molar-refractivity contribution in [3.8, 4) is 5.75 Å². The Labute approximate surface area is 166 Å². The van der Waals surface area contributed by atoms with Crippen LogP contribution in [0.4, 0.5) is 0 Å². The van der Waals surface area contributed by atoms with Gasteiger partial charge in [0.1, 0.15) is 5.75 Å². The Bertz CT molecular complexity index is 711. The fourth-order valence-corrected chi connectivity index (χ4v) is 4.02. The summed E-state index contributed by atoms with van der Waals surface area (Å²) < 4.78 is 0. The van der Waals surface area contributed by atoms with Crippen LogP contribution in [0.3, 0.4) is 0 Å². The van der Waals surface area contributed by atoms with Gasteiger partial charge in [-0.05, 0) is 73.2 Å². The highest BCUT2D eigenvalue weighted by Gasteiger charge is 2.16. The Hall–Kier alpha value is -1.98. The maximum atomic E-state index is 12.2. The van der Waals surface area contributed by atoms with E-state index in [1.54, 1.807) is 12.1 Å². The number of benzene rings is 2. The van der Waals surface area contributed by atoms with Gasteiger partial charge < -0.3 is 16.2 Å². The summed E-state index contributed by atoms with van der Waals surface area (Å²) in [5.41, 5.74) is 10.4. The van der Waals surface area contributed by atoms with Gasteiger partial charge in [0.25, 0.3) is 0 Å². The van der Waals surface area contributed by atoms with E-state index < -0.39 is 6.04 Å². The molecule has 146 valence electrons. The van der Waals surface area contributed by atoms with Gasteiger partial charge in [-0.25, -0.2) is 0 Å². The van der Waals surface area contributed by atoms with E-state index in [-0.39, 0.29) is 11.7 Å². The molecule has 0 fully saturated rings. The first-order chi connectivity index (χ1) is 13.0. The number of amides is 1. The quantitative estimate of drug-likeness (QED) is 0.544. The summed E-state index contributed by atoms with van der Waals surface area (Å²) in [4.78, 5) is 12.2. The van der Waals surface area contributed by atoms with Gasteiger partial charge >= 0.3 is 0 Å². The number of aryl methyl sites for hydroxylation is 2. The van der Waals surface area contributed by atoms with Gasteiger partial charge in [0.05, 0.1) is 6.04 Å². The standard InChI is InChI=1S/C22H30N2O2S/c1-16-12-19(25)13-17(2)20(16)14-21(23)22(26)24-10-6-7-11-27-15-18-8-4-3-5-9-18/h3-5,8-9,12-13,21,25H,6-7,10-11,14-15,23H2,1-2H3,(H,24,26). The van der Waals surface area contributed by atoms with Crippen molar-refractivity contribution in [1.82, 2.24) is 5.32 Å². The zero-order chi connectivity index (χ0) is 19.6. The van der Waals surface area contributed by atoms with Crippen LogP contribution in [-0.4, -0.2) is 29.4 Å². The van der Waals surface area contributed by atoms with Crippen molar-refractivity contribution in [2.45, 2.75) is 44.9 Å². The topological polar surface area (TPSA) is 75.3 Å². The minimum atomic E-state index is -0.570. The molecule has 1 unspecified atom stereocenters. The molecule has 0 spiro atoms. The van der Waals surface area contributed by atoms with Crippen LogP contribution in [-0.2, 0) is 17.0 Å². The minimum absolute atomic E-state index is 0.112. The zero-order valence-electron chi connectivity index (χ0n) is 16.2. The molecule has 0 bridgehead atoms. The molecule has 4 N–H and O–H groups in total. The fourth-order valence-electron chi connectivity index (χ4n) is 3.04. The van der Waals surface area contributed by atoms with Crippen LogP contribution in [0.25, 0.3) is 0 Å². The van der Waals surface area contributed by atoms with Crippen molar-refractivity contribution in [3.05, 3.63) is 64.7 Å². The first-order valence-electron chi connectivity index (χ1n) is 9.41. The molecule has 4 nitrogen and oxygen atoms in total. The van der Waals surface area contributed by atoms with Crippen LogP contribution in [0.1, 0.15) is 35.1 Å². The SMILES string of the molecule is Cc1cc(O)cc(C)c1CC(N)C(=O)NCCCCSCc1ccccc1. The molecule has 0 aliphatic heterocycles. The molecule has 1 amide bonds. The highest BCUT2D eigenvalue weighted by molar-refractivity contribution is 7.98. The number of carbonyl (C=O) groups is 1. The van der Waals surface area contributed by atoms with E-state index in [0.29, 0.717) is 13.0 Å². The Morgan fingerprint density at radius 1 is 1.15 bits per heavy atom. The number of aromatic hydroxyl groups is 1. The first kappa shape index (κ1) is 21.3. The molecule has 2 rings (SSSR count). The number of carbonyl (C=O) groups excluding carboxylic acids is 1. The lowest BCUT2D eigenvalue weighted by Gasteiger charge is -2.16. The van der Waals surface area contributed by atoms with Crippen LogP contribution >= 0.6 is 11.8 Å². The van der Waals surface area contributed by atoms with Gasteiger partial charge in [-0.2, -0.15) is 11.8 Å². The van der Waals surface area contributed by atoms with Crippen molar-refractivity contribution >= 4 is 17.7 Å². The van der Waals surface area contributed by atoms with Crippen molar-refractivity contribution < 1.29 is 9.90 Å². The number of hydrogen-bond donors (Lipinski definition) is 3. The second kappa shape index (κ2) is 11.0. The third kappa shape index (κ3) is 7.27. The number of nitrogens with two attached hydrogens (primary N) is 1. The third-order valence-corrected chi connectivity index (χ3v) is 5.68. The molecule has 0 aliphatic carbocycles. The van der Waals surface area contributed by atoms with Gasteiger partial charge in [0.15, 0.2) is 0 Å². The van der Waals surface area contributed by atoms with Crippen LogP contribution in [0.5, 0.6) is 5.75 Å². The summed E-state index contributed by atoms with van der Waals surface area (Å²) in [5, 5.41) is 12.6. The fraction of sp³-hybridized carbons (Fsp3) is 0.409. The number of nitrogens with one attached hydrogen (secondary N) is 1. The van der Waals surface area contributed by atoms with Crippen molar-refractivity contribution in [2.75, 3.05) is 12.3 Å². The largest absolute Gasteiger partial charge is 0.508 e. The predicted molar refractivity (Wildman–Crippen MR) is 114 cm³/mol. The molecule has 1 atom stereocenters. The summed E-state index contributed by atoms with van der Waals surface area (Å²) in [7, 11) is 0. The molecule has 0 aromatic heterocycles. The van der Waals surface area contributed by atoms with Crippen molar-refractivity contribution in [2.24, 2.45) is 5.73 Å². The van der Waals surface area contributed by atoms with Crippen molar-refractivity contribution in [3.63, 3.8) is 0 Å². The van der Waals surface area contributed by atoms with Gasteiger partial charge in [-0.15, -0.1) is 0 Å². The monoisotopic (exact) mass is 386 g/mol. The van der Waals surface area contributed by atoms with Gasteiger partial charge in [0, 0.05) is 12.3 Å². The summed E-state index contributed by atoms with van der Waals surface area (Å²) in [5.74, 6) is 2.25. The summed E-state index contributed by atoms with van der Waals surface area (Å²) in [6.45, 7) is 4.52. The smallest absolute Gasteiger partial charge is 0.237 e. The average Bonchev–Trinajstić information content (AvgIpc) is 2.64. The number of phenolic OH excluding ortho intramolecular Hbond substituents is 1. The third-order valence-electron chi connectivity index (χ3n) is 4.57. The second-order valence-electron chi connectivity index (χ2n) is 6.91. The zero-order valence-corrected chi connectivity index (χ0v) is 17.0. The maximum Gasteiger partial charge on any atom is 0.237 e. The molecule has 0 radical (unpaired) electrons. The maximum absolute atomic E-state index is 12.2. The van der Waals surface area contributed by atoms with E-state index in [0.717, 1.165) is 41.0 Å². The summed E-state index contributed by atoms with van der Waals surface area (Å²) >= 11 is 1.92. The predicted octanol–water partition coefficient (Wildman–Crippen LogP) is 3.71. The highest BCUT2D eigenvalue weighted by atomic mass is 32.2. The number of unbranched alkanes of at least 4 members (excludes halogenated alkanes) is 1. The van der Waals surface area contributed by atoms with Gasteiger partial charge in [-0.3, -0.25) is 4.79 Å². The Kier molecular flexibility index (Phi) is 8.69. The molecule has 27 heavy (non-hydrogen) atoms. The van der Waals surface area contributed by atoms with Crippen LogP contribution < -0.4 is 11.1 Å². The molecule has 2 aromatic rings. The average molecular weight is 387 g/mol. The first-order valence-corrected chi connectivity index (χ1v) is 10.6. The lowest BCUT2D eigenvalue weighted by molar-refractivity contribution is -0.122. The van der Waals surface area contributed by atoms with Crippen LogP contribution in [0.15, 0.2) is 42.5 Å². The van der Waals surface area contributed by atoms with E-state index in [2.05, 4.69) is 29.6 Å². The molecule has 5 heteroatoms. The van der Waals surface area contributed by atoms with E-state index in [1.165, 1.54) is 5.56 Å². The minimum Gasteiger partial charge on any atom is -0.508 e. The van der Waals surface area contributed by atoms with E-state index in [9.17, 15) is 9.90 Å². The lowest BCUT2D eigenvalue weighted by atomic mass is 9.96. The molecule has 0 heterocycles. The normalized spacial score (nSPS) is 12.0. The highest BCUT2D eigenvalue weighted by Crippen LogP contribution is 2.21. The van der Waals surface area contributed by atoms with Crippen molar-refractivity contribution in [1.29, 1.82) is 0 Å². The summed E-state index contributed by atoms with van der Waals surface area (Å²) in [6.07, 6.45) is 2.51. The van der Waals surface area contributed by atoms with Gasteiger partial charge in [0.2, 0.25) is 5.91 Å². The Morgan fingerprint density at radius 3 is 2.48 bits per heavy atom. The molecule has 0 aliphatic rings. The van der Waals surface area contributed by atoms with E-state index in [1.807, 2.05) is 31.7 Å². The second-order valence-corrected chi connectivity index (χ2v) is 8.01. The van der Waals surface area contributed by atoms with Crippen LogP contribution in [0, 0.1) is 13.8 Å². The van der Waals surface area contributed by atoms with Crippen LogP contribution in [0.2, 0.25) is 0 Å². The number of hydrogen-bond acceptors (Lipinski definition) is 4. The number of rotatable bonds is 10. The lowest BCUT2D eigenvalue weighted by Crippen LogP contribution is -2.42. The van der Waals surface area contributed by atoms with E-state index >= 15 is 0 Å². The summed E-state index contributed by atoms with van der Waals surface area (Å²) in [6, 6.07) is 13.3. The molecule has 0 saturated carbocycles. The molecule has 2 aromatic carbocycles. The molecular formula is C22H30N2O2S. The molecular weight excluding hydrogens is 356 g/mol. The Balaban J connectivity index is 1.62. The van der Waals surface area contributed by atoms with E-state index in [4.69, 9.17) is 5.73 Å². The Morgan fingerprint density at radius 2 is 1.81 bits per heavy atom.